The lowest BCUT2D eigenvalue weighted by Crippen LogP contribution is -2.43. The van der Waals surface area contributed by atoms with E-state index in [1.54, 1.807) is 0 Å². The molecular formula is C18H34IN3O2. The van der Waals surface area contributed by atoms with Gasteiger partial charge in [-0.1, -0.05) is 19.8 Å². The van der Waals surface area contributed by atoms with Crippen LogP contribution in [0.15, 0.2) is 4.99 Å². The highest BCUT2D eigenvalue weighted by atomic mass is 127. The first-order valence-electron chi connectivity index (χ1n) is 9.37. The van der Waals surface area contributed by atoms with Crippen molar-refractivity contribution in [2.45, 2.75) is 51.6 Å². The Labute approximate surface area is 164 Å². The molecule has 3 unspecified atom stereocenters. The quantitative estimate of drug-likeness (QED) is 0.309. The number of hydrogen-bond acceptors (Lipinski definition) is 3. The second-order valence-electron chi connectivity index (χ2n) is 7.62. The molecule has 0 aromatic rings. The zero-order valence-electron chi connectivity index (χ0n) is 15.3. The first-order valence-corrected chi connectivity index (χ1v) is 9.37. The summed E-state index contributed by atoms with van der Waals surface area (Å²) in [5.74, 6) is 1.73. The largest absolute Gasteiger partial charge is 0.381 e. The number of nitrogens with zero attached hydrogens (tertiary/aromatic N) is 2. The van der Waals surface area contributed by atoms with Gasteiger partial charge in [-0.15, -0.1) is 24.0 Å². The monoisotopic (exact) mass is 451 g/mol. The van der Waals surface area contributed by atoms with E-state index in [4.69, 9.17) is 9.47 Å². The zero-order valence-corrected chi connectivity index (χ0v) is 17.6. The summed E-state index contributed by atoms with van der Waals surface area (Å²) in [4.78, 5) is 6.85. The molecule has 1 spiro atoms. The first-order chi connectivity index (χ1) is 11.2. The number of ether oxygens (including phenoxy) is 2. The van der Waals surface area contributed by atoms with Crippen LogP contribution in [0, 0.1) is 11.3 Å². The van der Waals surface area contributed by atoms with Crippen LogP contribution in [0.25, 0.3) is 0 Å². The molecule has 140 valence electrons. The number of likely N-dealkylation sites (tertiary alicyclic amines) is 1. The van der Waals surface area contributed by atoms with Gasteiger partial charge in [-0.2, -0.15) is 0 Å². The van der Waals surface area contributed by atoms with Gasteiger partial charge >= 0.3 is 0 Å². The van der Waals surface area contributed by atoms with Crippen LogP contribution < -0.4 is 5.32 Å². The van der Waals surface area contributed by atoms with E-state index < -0.39 is 0 Å². The Bertz CT molecular complexity index is 413. The molecule has 3 fully saturated rings. The van der Waals surface area contributed by atoms with Crippen molar-refractivity contribution in [3.8, 4) is 0 Å². The average molecular weight is 451 g/mol. The first kappa shape index (κ1) is 20.2. The second kappa shape index (κ2) is 9.57. The van der Waals surface area contributed by atoms with Gasteiger partial charge in [0.25, 0.3) is 0 Å². The molecule has 2 saturated heterocycles. The summed E-state index contributed by atoms with van der Waals surface area (Å²) in [7, 11) is 1.88. The van der Waals surface area contributed by atoms with E-state index in [1.807, 2.05) is 7.05 Å². The summed E-state index contributed by atoms with van der Waals surface area (Å²) in [5, 5.41) is 3.48. The lowest BCUT2D eigenvalue weighted by Gasteiger charge is -2.29. The molecule has 0 bridgehead atoms. The third-order valence-corrected chi connectivity index (χ3v) is 5.88. The summed E-state index contributed by atoms with van der Waals surface area (Å²) < 4.78 is 11.7. The highest BCUT2D eigenvalue weighted by Crippen LogP contribution is 2.38. The van der Waals surface area contributed by atoms with Gasteiger partial charge in [0.05, 0.1) is 19.3 Å². The minimum absolute atomic E-state index is 0. The van der Waals surface area contributed by atoms with Crippen molar-refractivity contribution in [2.75, 3.05) is 46.5 Å². The molecule has 0 aromatic heterocycles. The highest BCUT2D eigenvalue weighted by Gasteiger charge is 2.42. The average Bonchev–Trinajstić information content (AvgIpc) is 3.20. The van der Waals surface area contributed by atoms with Crippen molar-refractivity contribution in [1.29, 1.82) is 0 Å². The fraction of sp³-hybridized carbons (Fsp3) is 0.944. The van der Waals surface area contributed by atoms with Gasteiger partial charge in [0.15, 0.2) is 5.96 Å². The molecule has 2 aliphatic heterocycles. The molecular weight excluding hydrogens is 417 g/mol. The van der Waals surface area contributed by atoms with Crippen LogP contribution in [-0.2, 0) is 9.47 Å². The van der Waals surface area contributed by atoms with E-state index in [2.05, 4.69) is 22.1 Å². The Morgan fingerprint density at radius 2 is 2.17 bits per heavy atom. The van der Waals surface area contributed by atoms with Crippen LogP contribution in [0.2, 0.25) is 0 Å². The van der Waals surface area contributed by atoms with E-state index in [9.17, 15) is 0 Å². The van der Waals surface area contributed by atoms with Gasteiger partial charge in [-0.3, -0.25) is 4.99 Å². The number of guanidine groups is 1. The summed E-state index contributed by atoms with van der Waals surface area (Å²) in [5.41, 5.74) is 0.381. The minimum atomic E-state index is 0. The molecule has 1 aliphatic carbocycles. The number of aliphatic imine (C=N–C) groups is 1. The van der Waals surface area contributed by atoms with Crippen molar-refractivity contribution >= 4 is 29.9 Å². The Hall–Kier alpha value is -0.0800. The second-order valence-corrected chi connectivity index (χ2v) is 7.62. The van der Waals surface area contributed by atoms with Crippen LogP contribution in [0.1, 0.15) is 45.4 Å². The Morgan fingerprint density at radius 3 is 2.88 bits per heavy atom. The molecule has 3 rings (SSSR count). The molecule has 3 aliphatic rings. The van der Waals surface area contributed by atoms with Gasteiger partial charge in [0.1, 0.15) is 0 Å². The zero-order chi connectivity index (χ0) is 16.1. The predicted molar refractivity (Wildman–Crippen MR) is 108 cm³/mol. The number of hydrogen-bond donors (Lipinski definition) is 1. The maximum Gasteiger partial charge on any atom is 0.193 e. The van der Waals surface area contributed by atoms with Gasteiger partial charge in [0, 0.05) is 38.7 Å². The molecule has 0 aromatic carbocycles. The Morgan fingerprint density at radius 1 is 1.33 bits per heavy atom. The van der Waals surface area contributed by atoms with Gasteiger partial charge < -0.3 is 19.7 Å². The van der Waals surface area contributed by atoms with Crippen LogP contribution in [0.5, 0.6) is 0 Å². The van der Waals surface area contributed by atoms with E-state index >= 15 is 0 Å². The summed E-state index contributed by atoms with van der Waals surface area (Å²) in [6, 6.07) is 0. The fourth-order valence-electron chi connectivity index (χ4n) is 4.32. The number of nitrogens with one attached hydrogen (secondary N) is 1. The van der Waals surface area contributed by atoms with Crippen molar-refractivity contribution in [1.82, 2.24) is 10.2 Å². The molecule has 5 nitrogen and oxygen atoms in total. The van der Waals surface area contributed by atoms with Gasteiger partial charge in [-0.05, 0) is 31.6 Å². The fourth-order valence-corrected chi connectivity index (χ4v) is 4.32. The van der Waals surface area contributed by atoms with Gasteiger partial charge in [0.2, 0.25) is 0 Å². The highest BCUT2D eigenvalue weighted by molar-refractivity contribution is 14.0. The van der Waals surface area contributed by atoms with Crippen LogP contribution >= 0.6 is 24.0 Å². The van der Waals surface area contributed by atoms with E-state index in [0.717, 1.165) is 45.4 Å². The van der Waals surface area contributed by atoms with Crippen LogP contribution in [-0.4, -0.2) is 63.5 Å². The maximum absolute atomic E-state index is 6.09. The number of rotatable bonds is 4. The Kier molecular flexibility index (Phi) is 8.07. The lowest BCUT2D eigenvalue weighted by molar-refractivity contribution is -0.00215. The molecule has 24 heavy (non-hydrogen) atoms. The summed E-state index contributed by atoms with van der Waals surface area (Å²) in [6.45, 7) is 7.95. The molecule has 3 atom stereocenters. The topological polar surface area (TPSA) is 46.1 Å². The van der Waals surface area contributed by atoms with E-state index in [-0.39, 0.29) is 24.0 Å². The van der Waals surface area contributed by atoms with E-state index in [1.165, 1.54) is 38.5 Å². The Balaban J connectivity index is 0.00000208. The maximum atomic E-state index is 6.09. The summed E-state index contributed by atoms with van der Waals surface area (Å²) >= 11 is 0. The van der Waals surface area contributed by atoms with Crippen molar-refractivity contribution < 1.29 is 9.47 Å². The third-order valence-electron chi connectivity index (χ3n) is 5.88. The van der Waals surface area contributed by atoms with Crippen molar-refractivity contribution in [3.05, 3.63) is 0 Å². The van der Waals surface area contributed by atoms with Crippen LogP contribution in [0.3, 0.4) is 0 Å². The SMILES string of the molecule is CN=C(NCCOC1CCCCC1C)N1CCC2(CCOC2)C1.I. The smallest absolute Gasteiger partial charge is 0.193 e. The van der Waals surface area contributed by atoms with Crippen molar-refractivity contribution in [2.24, 2.45) is 16.3 Å². The van der Waals surface area contributed by atoms with E-state index in [0.29, 0.717) is 17.4 Å². The van der Waals surface area contributed by atoms with Crippen LogP contribution in [0.4, 0.5) is 0 Å². The van der Waals surface area contributed by atoms with Gasteiger partial charge in [-0.25, -0.2) is 0 Å². The third kappa shape index (κ3) is 4.97. The normalized spacial score (nSPS) is 33.8. The molecule has 2 heterocycles. The molecule has 1 saturated carbocycles. The predicted octanol–water partition coefficient (Wildman–Crippen LogP) is 2.89. The number of halogens is 1. The molecule has 6 heteroatoms. The summed E-state index contributed by atoms with van der Waals surface area (Å²) in [6.07, 6.45) is 8.11. The molecule has 1 N–H and O–H groups in total. The standard InChI is InChI=1S/C18H33N3O2.HI/c1-15-5-3-4-6-16(15)23-12-9-20-17(19-2)21-10-7-18(13-21)8-11-22-14-18;/h15-16H,3-14H2,1-2H3,(H,19,20);1H. The molecule has 0 radical (unpaired) electrons. The molecule has 0 amide bonds. The van der Waals surface area contributed by atoms with Crippen molar-refractivity contribution in [3.63, 3.8) is 0 Å². The lowest BCUT2D eigenvalue weighted by atomic mass is 9.87. The minimum Gasteiger partial charge on any atom is -0.381 e.